The van der Waals surface area contributed by atoms with E-state index >= 15 is 0 Å². The number of hydrogen-bond acceptors (Lipinski definition) is 5. The highest BCUT2D eigenvalue weighted by Gasteiger charge is 2.34. The quantitative estimate of drug-likeness (QED) is 0.569. The minimum absolute atomic E-state index is 0.00612. The molecular weight excluding hydrogens is 312 g/mol. The van der Waals surface area contributed by atoms with Crippen LogP contribution in [0.3, 0.4) is 0 Å². The van der Waals surface area contributed by atoms with Gasteiger partial charge in [-0.2, -0.15) is 22.3 Å². The normalized spacial score (nSPS) is 14.4. The van der Waals surface area contributed by atoms with Gasteiger partial charge in [-0.05, 0) is 13.8 Å². The van der Waals surface area contributed by atoms with E-state index in [1.54, 1.807) is 6.92 Å². The summed E-state index contributed by atoms with van der Waals surface area (Å²) in [7, 11) is -2.78. The number of carbonyl (C=O) groups excluding carboxylic acids is 1. The van der Waals surface area contributed by atoms with Crippen molar-refractivity contribution in [1.82, 2.24) is 13.9 Å². The van der Waals surface area contributed by atoms with Gasteiger partial charge in [-0.25, -0.2) is 0 Å². The fraction of sp³-hybridized carbons (Fsp3) is 0.750. The van der Waals surface area contributed by atoms with Crippen LogP contribution in [0.2, 0.25) is 0 Å². The van der Waals surface area contributed by atoms with E-state index in [1.807, 2.05) is 6.07 Å². The molecule has 1 amide bonds. The van der Waals surface area contributed by atoms with Crippen LogP contribution >= 0.6 is 0 Å². The Bertz CT molecular complexity index is 542. The van der Waals surface area contributed by atoms with E-state index in [-0.39, 0.29) is 25.5 Å². The Morgan fingerprint density at radius 1 is 1.36 bits per heavy atom. The number of carboxylic acids is 1. The fourth-order valence-corrected chi connectivity index (χ4v) is 3.26. The van der Waals surface area contributed by atoms with Crippen molar-refractivity contribution in [2.45, 2.75) is 26.8 Å². The first-order valence-electron chi connectivity index (χ1n) is 6.64. The second-order valence-electron chi connectivity index (χ2n) is 4.93. The molecular formula is C12H22N4O5S. The van der Waals surface area contributed by atoms with Gasteiger partial charge in [0.2, 0.25) is 5.91 Å². The van der Waals surface area contributed by atoms with Gasteiger partial charge >= 0.3 is 5.97 Å². The first-order chi connectivity index (χ1) is 10.0. The molecule has 0 spiro atoms. The average Bonchev–Trinajstić information content (AvgIpc) is 2.41. The summed E-state index contributed by atoms with van der Waals surface area (Å²) in [5.41, 5.74) is 0. The molecule has 0 rings (SSSR count). The predicted molar refractivity (Wildman–Crippen MR) is 78.8 cm³/mol. The van der Waals surface area contributed by atoms with Crippen molar-refractivity contribution in [3.05, 3.63) is 0 Å². The van der Waals surface area contributed by atoms with E-state index in [1.165, 1.54) is 20.9 Å². The van der Waals surface area contributed by atoms with Crippen LogP contribution in [-0.4, -0.2) is 66.7 Å². The van der Waals surface area contributed by atoms with Gasteiger partial charge in [0.1, 0.15) is 6.04 Å². The molecule has 2 unspecified atom stereocenters. The van der Waals surface area contributed by atoms with Gasteiger partial charge in [0.05, 0.1) is 12.0 Å². The minimum Gasteiger partial charge on any atom is -0.480 e. The molecule has 0 radical (unpaired) electrons. The third-order valence-electron chi connectivity index (χ3n) is 2.94. The van der Waals surface area contributed by atoms with Crippen molar-refractivity contribution < 1.29 is 23.1 Å². The van der Waals surface area contributed by atoms with Crippen molar-refractivity contribution in [2.24, 2.45) is 5.92 Å². The molecule has 0 aliphatic heterocycles. The number of carboxylic acid groups (broad SMARTS) is 1. The minimum atomic E-state index is -4.07. The number of amides is 1. The SMILES string of the molecule is CC(=O)NCCN(C(C)C(=O)O)S(=O)(=O)N(C)CC(C)C#N. The van der Waals surface area contributed by atoms with Crippen LogP contribution in [0.4, 0.5) is 0 Å². The molecule has 2 N–H and O–H groups in total. The Balaban J connectivity index is 5.24. The zero-order valence-corrected chi connectivity index (χ0v) is 13.9. The van der Waals surface area contributed by atoms with Crippen LogP contribution in [0.5, 0.6) is 0 Å². The molecule has 0 saturated heterocycles. The van der Waals surface area contributed by atoms with Crippen molar-refractivity contribution in [3.8, 4) is 6.07 Å². The molecule has 0 aromatic carbocycles. The molecule has 0 saturated carbocycles. The molecule has 10 heteroatoms. The topological polar surface area (TPSA) is 131 Å². The van der Waals surface area contributed by atoms with Gasteiger partial charge < -0.3 is 10.4 Å². The predicted octanol–water partition coefficient (Wildman–Crippen LogP) is -0.766. The number of hydrogen-bond donors (Lipinski definition) is 2. The Labute approximate surface area is 130 Å². The maximum Gasteiger partial charge on any atom is 0.321 e. The van der Waals surface area contributed by atoms with Crippen LogP contribution in [-0.2, 0) is 19.8 Å². The molecule has 0 fully saturated rings. The lowest BCUT2D eigenvalue weighted by atomic mass is 10.2. The largest absolute Gasteiger partial charge is 0.480 e. The van der Waals surface area contributed by atoms with Crippen LogP contribution < -0.4 is 5.32 Å². The Morgan fingerprint density at radius 3 is 2.32 bits per heavy atom. The Kier molecular flexibility index (Phi) is 8.00. The summed E-state index contributed by atoms with van der Waals surface area (Å²) >= 11 is 0. The average molecular weight is 334 g/mol. The van der Waals surface area contributed by atoms with Crippen LogP contribution in [0, 0.1) is 17.2 Å². The maximum atomic E-state index is 12.5. The zero-order chi connectivity index (χ0) is 17.5. The van der Waals surface area contributed by atoms with Crippen molar-refractivity contribution in [2.75, 3.05) is 26.7 Å². The molecule has 0 aliphatic carbocycles. The number of aliphatic carboxylic acids is 1. The number of rotatable bonds is 9. The van der Waals surface area contributed by atoms with Crippen molar-refractivity contribution in [3.63, 3.8) is 0 Å². The maximum absolute atomic E-state index is 12.5. The monoisotopic (exact) mass is 334 g/mol. The molecule has 126 valence electrons. The van der Waals surface area contributed by atoms with E-state index in [2.05, 4.69) is 5.32 Å². The van der Waals surface area contributed by atoms with E-state index in [0.717, 1.165) is 8.61 Å². The van der Waals surface area contributed by atoms with E-state index in [4.69, 9.17) is 10.4 Å². The molecule has 0 aromatic heterocycles. The summed E-state index contributed by atoms with van der Waals surface area (Å²) in [6.07, 6.45) is 0. The lowest BCUT2D eigenvalue weighted by Gasteiger charge is -2.30. The van der Waals surface area contributed by atoms with Gasteiger partial charge in [0.15, 0.2) is 0 Å². The summed E-state index contributed by atoms with van der Waals surface area (Å²) in [4.78, 5) is 22.0. The molecule has 0 bridgehead atoms. The first kappa shape index (κ1) is 20.3. The lowest BCUT2D eigenvalue weighted by Crippen LogP contribution is -2.52. The summed E-state index contributed by atoms with van der Waals surface area (Å²) in [6, 6.07) is 0.626. The van der Waals surface area contributed by atoms with Gasteiger partial charge in [-0.3, -0.25) is 9.59 Å². The molecule has 9 nitrogen and oxygen atoms in total. The third kappa shape index (κ3) is 5.97. The summed E-state index contributed by atoms with van der Waals surface area (Å²) in [5.74, 6) is -2.17. The summed E-state index contributed by atoms with van der Waals surface area (Å²) < 4.78 is 26.7. The Morgan fingerprint density at radius 2 is 1.91 bits per heavy atom. The van der Waals surface area contributed by atoms with Crippen molar-refractivity contribution >= 4 is 22.1 Å². The van der Waals surface area contributed by atoms with Gasteiger partial charge in [-0.15, -0.1) is 0 Å². The zero-order valence-electron chi connectivity index (χ0n) is 13.1. The highest BCUT2D eigenvalue weighted by atomic mass is 32.2. The molecule has 22 heavy (non-hydrogen) atoms. The number of nitriles is 1. The standard InChI is InChI=1S/C12H22N4O5S/c1-9(7-13)8-15(4)22(20,21)16(10(2)12(18)19)6-5-14-11(3)17/h9-10H,5-6,8H2,1-4H3,(H,14,17)(H,18,19). The number of nitrogens with one attached hydrogen (secondary N) is 1. The van der Waals surface area contributed by atoms with E-state index in [9.17, 15) is 18.0 Å². The molecule has 0 aromatic rings. The van der Waals surface area contributed by atoms with E-state index < -0.39 is 28.1 Å². The second-order valence-corrected chi connectivity index (χ2v) is 6.91. The highest BCUT2D eigenvalue weighted by Crippen LogP contribution is 2.13. The van der Waals surface area contributed by atoms with Gasteiger partial charge in [0.25, 0.3) is 10.2 Å². The second kappa shape index (κ2) is 8.67. The third-order valence-corrected chi connectivity index (χ3v) is 4.97. The molecule has 0 heterocycles. The Hall–Kier alpha value is -1.70. The number of carbonyl (C=O) groups is 2. The van der Waals surface area contributed by atoms with Gasteiger partial charge in [0, 0.05) is 33.6 Å². The van der Waals surface area contributed by atoms with E-state index in [0.29, 0.717) is 0 Å². The van der Waals surface area contributed by atoms with Crippen LogP contribution in [0.25, 0.3) is 0 Å². The summed E-state index contributed by atoms with van der Waals surface area (Å²) in [6.45, 7) is 3.85. The smallest absolute Gasteiger partial charge is 0.321 e. The summed E-state index contributed by atoms with van der Waals surface area (Å²) in [5, 5.41) is 20.3. The first-order valence-corrected chi connectivity index (χ1v) is 8.03. The van der Waals surface area contributed by atoms with Crippen molar-refractivity contribution in [1.29, 1.82) is 5.26 Å². The molecule has 2 atom stereocenters. The lowest BCUT2D eigenvalue weighted by molar-refractivity contribution is -0.140. The molecule has 0 aliphatic rings. The number of nitrogens with zero attached hydrogens (tertiary/aromatic N) is 3. The highest BCUT2D eigenvalue weighted by molar-refractivity contribution is 7.86. The van der Waals surface area contributed by atoms with Crippen LogP contribution in [0.1, 0.15) is 20.8 Å². The van der Waals surface area contributed by atoms with Crippen LogP contribution in [0.15, 0.2) is 0 Å². The van der Waals surface area contributed by atoms with Gasteiger partial charge in [-0.1, -0.05) is 0 Å². The fourth-order valence-electron chi connectivity index (χ4n) is 1.67.